The molecule has 0 saturated heterocycles. The van der Waals surface area contributed by atoms with E-state index < -0.39 is 5.97 Å². The second kappa shape index (κ2) is 9.05. The first-order valence-electron chi connectivity index (χ1n) is 0.928. The minimum atomic E-state index is -0.833. The van der Waals surface area contributed by atoms with Gasteiger partial charge in [0.05, 0.1) is 0 Å². The average molecular weight is 202 g/mol. The molecule has 0 spiro atoms. The smallest absolute Gasteiger partial charge is 0.300 e. The van der Waals surface area contributed by atoms with Gasteiger partial charge in [0.1, 0.15) is 0 Å². The number of carboxylic acid groups (broad SMARTS) is 1. The van der Waals surface area contributed by atoms with Crippen molar-refractivity contribution in [3.05, 3.63) is 0 Å². The van der Waals surface area contributed by atoms with E-state index in [-0.39, 0.29) is 32.8 Å². The van der Waals surface area contributed by atoms with Gasteiger partial charge in [-0.3, -0.25) is 4.79 Å². The van der Waals surface area contributed by atoms with E-state index in [1.807, 2.05) is 0 Å². The van der Waals surface area contributed by atoms with Crippen LogP contribution in [0.1, 0.15) is 6.92 Å². The van der Waals surface area contributed by atoms with Crippen LogP contribution < -0.4 is 0 Å². The second-order valence-electron chi connectivity index (χ2n) is 0.519. The Morgan fingerprint density at radius 3 is 1.67 bits per heavy atom. The van der Waals surface area contributed by atoms with Crippen LogP contribution in [0.25, 0.3) is 0 Å². The summed E-state index contributed by atoms with van der Waals surface area (Å²) in [5, 5.41) is 7.42. The van der Waals surface area contributed by atoms with Crippen molar-refractivity contribution in [2.45, 2.75) is 6.92 Å². The average Bonchev–Trinajstić information content (AvgIpc) is 0.811. The molecular formula is C2H4ClO2Pd. The van der Waals surface area contributed by atoms with Gasteiger partial charge in [-0.25, -0.2) is 0 Å². The molecule has 2 nitrogen and oxygen atoms in total. The molecule has 0 aromatic carbocycles. The van der Waals surface area contributed by atoms with Crippen LogP contribution >= 0.6 is 12.4 Å². The third kappa shape index (κ3) is 290. The van der Waals surface area contributed by atoms with Gasteiger partial charge in [-0.2, -0.15) is 0 Å². The van der Waals surface area contributed by atoms with Gasteiger partial charge < -0.3 is 5.11 Å². The van der Waals surface area contributed by atoms with Crippen molar-refractivity contribution in [1.29, 1.82) is 0 Å². The minimum absolute atomic E-state index is 0. The normalized spacial score (nSPS) is 4.17. The number of carboxylic acids is 1. The van der Waals surface area contributed by atoms with Crippen LogP contribution in [0.3, 0.4) is 0 Å². The van der Waals surface area contributed by atoms with Crippen molar-refractivity contribution >= 4 is 18.4 Å². The zero-order valence-corrected chi connectivity index (χ0v) is 5.36. The first-order chi connectivity index (χ1) is 1.73. The Bertz CT molecular complexity index is 34.5. The topological polar surface area (TPSA) is 37.3 Å². The van der Waals surface area contributed by atoms with Crippen molar-refractivity contribution in [3.8, 4) is 0 Å². The zero-order chi connectivity index (χ0) is 3.58. The summed E-state index contributed by atoms with van der Waals surface area (Å²) in [6.07, 6.45) is 0. The van der Waals surface area contributed by atoms with Crippen LogP contribution in [0.2, 0.25) is 0 Å². The molecule has 0 saturated carbocycles. The summed E-state index contributed by atoms with van der Waals surface area (Å²) in [6.45, 7) is 1.08. The molecular weight excluding hydrogens is 198 g/mol. The van der Waals surface area contributed by atoms with Crippen molar-refractivity contribution in [1.82, 2.24) is 0 Å². The van der Waals surface area contributed by atoms with Crippen LogP contribution in [0.4, 0.5) is 0 Å². The van der Waals surface area contributed by atoms with Gasteiger partial charge in [0.15, 0.2) is 0 Å². The summed E-state index contributed by atoms with van der Waals surface area (Å²) in [5.74, 6) is -0.833. The van der Waals surface area contributed by atoms with Crippen LogP contribution in [-0.2, 0) is 25.2 Å². The first kappa shape index (κ1) is 16.1. The number of rotatable bonds is 0. The fourth-order valence-electron chi connectivity index (χ4n) is 0. The molecule has 1 N–H and O–H groups in total. The Morgan fingerprint density at radius 1 is 1.67 bits per heavy atom. The third-order valence-corrected chi connectivity index (χ3v) is 0. The van der Waals surface area contributed by atoms with Gasteiger partial charge in [-0.15, -0.1) is 0 Å². The van der Waals surface area contributed by atoms with Gasteiger partial charge in [-0.05, 0) is 0 Å². The molecule has 0 aliphatic rings. The van der Waals surface area contributed by atoms with Crippen molar-refractivity contribution in [2.24, 2.45) is 0 Å². The number of hydrogen-bond acceptors (Lipinski definition) is 1. The first-order valence-corrected chi connectivity index (χ1v) is 0.928. The summed E-state index contributed by atoms with van der Waals surface area (Å²) in [5.41, 5.74) is 0. The SMILES string of the molecule is CC(=O)O.[Cl].[Pd]. The van der Waals surface area contributed by atoms with E-state index in [2.05, 4.69) is 0 Å². The molecule has 0 unspecified atom stereocenters. The number of halogens is 1. The standard InChI is InChI=1S/C2H4O2.Cl.Pd/c1-2(3)4;;/h1H3,(H,3,4);;. The molecule has 4 heteroatoms. The molecule has 0 bridgehead atoms. The van der Waals surface area contributed by atoms with Crippen molar-refractivity contribution in [3.63, 3.8) is 0 Å². The fraction of sp³-hybridized carbons (Fsp3) is 0.500. The quantitative estimate of drug-likeness (QED) is 0.589. The molecule has 0 amide bonds. The van der Waals surface area contributed by atoms with E-state index >= 15 is 0 Å². The molecule has 41 valence electrons. The van der Waals surface area contributed by atoms with Crippen LogP contribution in [-0.4, -0.2) is 11.1 Å². The molecule has 0 aliphatic heterocycles. The van der Waals surface area contributed by atoms with Crippen molar-refractivity contribution < 1.29 is 30.3 Å². The van der Waals surface area contributed by atoms with Crippen LogP contribution in [0, 0.1) is 0 Å². The van der Waals surface area contributed by atoms with E-state index in [1.165, 1.54) is 0 Å². The molecule has 1 radical (unpaired) electrons. The largest absolute Gasteiger partial charge is 0.481 e. The maximum atomic E-state index is 9.00. The molecule has 0 aromatic heterocycles. The predicted octanol–water partition coefficient (Wildman–Crippen LogP) is 0.778. The Balaban J connectivity index is -0.0000000450. The minimum Gasteiger partial charge on any atom is -0.481 e. The van der Waals surface area contributed by atoms with Crippen molar-refractivity contribution in [2.75, 3.05) is 0 Å². The monoisotopic (exact) mass is 201 g/mol. The van der Waals surface area contributed by atoms with E-state index in [9.17, 15) is 0 Å². The Morgan fingerprint density at radius 2 is 1.67 bits per heavy atom. The Labute approximate surface area is 56.0 Å². The van der Waals surface area contributed by atoms with E-state index in [0.29, 0.717) is 0 Å². The Kier molecular flexibility index (Phi) is 24.3. The van der Waals surface area contributed by atoms with Gasteiger partial charge in [0.2, 0.25) is 0 Å². The van der Waals surface area contributed by atoms with E-state index in [1.54, 1.807) is 0 Å². The molecule has 0 atom stereocenters. The Hall–Kier alpha value is 0.422. The van der Waals surface area contributed by atoms with Gasteiger partial charge >= 0.3 is 0 Å². The summed E-state index contributed by atoms with van der Waals surface area (Å²) in [6, 6.07) is 0. The number of hydrogen-bond donors (Lipinski definition) is 1. The van der Waals surface area contributed by atoms with E-state index in [0.717, 1.165) is 6.92 Å². The van der Waals surface area contributed by atoms with Gasteiger partial charge in [-0.1, -0.05) is 0 Å². The summed E-state index contributed by atoms with van der Waals surface area (Å²) >= 11 is 0. The summed E-state index contributed by atoms with van der Waals surface area (Å²) < 4.78 is 0. The van der Waals surface area contributed by atoms with E-state index in [4.69, 9.17) is 9.90 Å². The molecule has 0 fully saturated rings. The number of carbonyl (C=O) groups is 1. The molecule has 0 aromatic rings. The van der Waals surface area contributed by atoms with Gasteiger partial charge in [0.25, 0.3) is 5.97 Å². The summed E-state index contributed by atoms with van der Waals surface area (Å²) in [7, 11) is 0. The maximum Gasteiger partial charge on any atom is 0.300 e. The zero-order valence-electron chi connectivity index (χ0n) is 3.05. The van der Waals surface area contributed by atoms with Crippen LogP contribution in [0.15, 0.2) is 0 Å². The molecule has 6 heavy (non-hydrogen) atoms. The predicted molar refractivity (Wildman–Crippen MR) is 19.2 cm³/mol. The fourth-order valence-corrected chi connectivity index (χ4v) is 0. The number of aliphatic carboxylic acids is 1. The van der Waals surface area contributed by atoms with Crippen LogP contribution in [0.5, 0.6) is 0 Å². The second-order valence-corrected chi connectivity index (χ2v) is 0.519. The molecule has 0 aliphatic carbocycles. The maximum absolute atomic E-state index is 9.00. The molecule has 0 rings (SSSR count). The third-order valence-electron chi connectivity index (χ3n) is 0. The molecule has 0 heterocycles. The summed E-state index contributed by atoms with van der Waals surface area (Å²) in [4.78, 5) is 9.00. The van der Waals surface area contributed by atoms with Gasteiger partial charge in [0, 0.05) is 39.8 Å².